The SMILES string of the molecule is CCCCN1CCC(OC(=O)c2c3n(c4ccccc24)CCCN3C)CC1. The fourth-order valence-corrected chi connectivity index (χ4v) is 4.53. The quantitative estimate of drug-likeness (QED) is 0.749. The topological polar surface area (TPSA) is 37.7 Å². The molecule has 2 aliphatic heterocycles. The van der Waals surface area contributed by atoms with Gasteiger partial charge in [0, 0.05) is 38.6 Å². The van der Waals surface area contributed by atoms with Crippen LogP contribution in [0, 0.1) is 0 Å². The van der Waals surface area contributed by atoms with Crippen LogP contribution in [-0.4, -0.2) is 54.8 Å². The van der Waals surface area contributed by atoms with Crippen molar-refractivity contribution in [2.45, 2.75) is 51.7 Å². The number of para-hydroxylation sites is 1. The van der Waals surface area contributed by atoms with Crippen LogP contribution in [0.1, 0.15) is 49.4 Å². The van der Waals surface area contributed by atoms with Crippen molar-refractivity contribution in [3.63, 3.8) is 0 Å². The summed E-state index contributed by atoms with van der Waals surface area (Å²) in [4.78, 5) is 17.9. The molecule has 0 unspecified atom stereocenters. The number of hydrogen-bond acceptors (Lipinski definition) is 4. The summed E-state index contributed by atoms with van der Waals surface area (Å²) in [5, 5.41) is 1.02. The first-order valence-electron chi connectivity index (χ1n) is 10.4. The molecule has 4 rings (SSSR count). The average molecular weight is 370 g/mol. The summed E-state index contributed by atoms with van der Waals surface area (Å²) in [5.74, 6) is 0.869. The van der Waals surface area contributed by atoms with E-state index in [0.29, 0.717) is 0 Å². The number of hydrogen-bond donors (Lipinski definition) is 0. The first kappa shape index (κ1) is 18.4. The van der Waals surface area contributed by atoms with E-state index in [-0.39, 0.29) is 12.1 Å². The van der Waals surface area contributed by atoms with E-state index >= 15 is 0 Å². The van der Waals surface area contributed by atoms with Gasteiger partial charge in [-0.15, -0.1) is 0 Å². The van der Waals surface area contributed by atoms with Gasteiger partial charge in [-0.2, -0.15) is 0 Å². The van der Waals surface area contributed by atoms with Gasteiger partial charge >= 0.3 is 5.97 Å². The van der Waals surface area contributed by atoms with E-state index in [2.05, 4.69) is 40.5 Å². The molecular formula is C22H31N3O2. The van der Waals surface area contributed by atoms with Crippen LogP contribution in [0.2, 0.25) is 0 Å². The number of aromatic nitrogens is 1. The number of piperidine rings is 1. The maximum Gasteiger partial charge on any atom is 0.342 e. The summed E-state index contributed by atoms with van der Waals surface area (Å²) >= 11 is 0. The van der Waals surface area contributed by atoms with Crippen molar-refractivity contribution in [3.05, 3.63) is 29.8 Å². The van der Waals surface area contributed by atoms with Crippen LogP contribution in [0.4, 0.5) is 5.82 Å². The van der Waals surface area contributed by atoms with Crippen molar-refractivity contribution in [2.75, 3.05) is 38.1 Å². The molecular weight excluding hydrogens is 338 g/mol. The minimum absolute atomic E-state index is 0.0404. The Balaban J connectivity index is 1.53. The van der Waals surface area contributed by atoms with Gasteiger partial charge in [-0.05, 0) is 38.3 Å². The van der Waals surface area contributed by atoms with E-state index in [1.165, 1.54) is 19.4 Å². The molecule has 0 aliphatic carbocycles. The van der Waals surface area contributed by atoms with Crippen LogP contribution in [0.3, 0.4) is 0 Å². The van der Waals surface area contributed by atoms with Crippen LogP contribution in [0.5, 0.6) is 0 Å². The number of carbonyl (C=O) groups excluding carboxylic acids is 1. The van der Waals surface area contributed by atoms with E-state index < -0.39 is 0 Å². The molecule has 5 heteroatoms. The van der Waals surface area contributed by atoms with Gasteiger partial charge < -0.3 is 19.1 Å². The highest BCUT2D eigenvalue weighted by Crippen LogP contribution is 2.36. The van der Waals surface area contributed by atoms with Crippen molar-refractivity contribution in [3.8, 4) is 0 Å². The van der Waals surface area contributed by atoms with E-state index in [9.17, 15) is 4.79 Å². The van der Waals surface area contributed by atoms with Crippen molar-refractivity contribution >= 4 is 22.7 Å². The Labute approximate surface area is 161 Å². The van der Waals surface area contributed by atoms with Gasteiger partial charge in [0.2, 0.25) is 0 Å². The molecule has 1 aromatic heterocycles. The molecule has 1 aromatic carbocycles. The third kappa shape index (κ3) is 3.57. The van der Waals surface area contributed by atoms with E-state index in [1.54, 1.807) is 0 Å². The number of rotatable bonds is 5. The Morgan fingerprint density at radius 3 is 2.70 bits per heavy atom. The third-order valence-corrected chi connectivity index (χ3v) is 6.02. The van der Waals surface area contributed by atoms with Crippen LogP contribution < -0.4 is 4.90 Å². The normalized spacial score (nSPS) is 18.7. The molecule has 3 heterocycles. The number of carbonyl (C=O) groups is 1. The molecule has 5 nitrogen and oxygen atoms in total. The first-order valence-corrected chi connectivity index (χ1v) is 10.4. The first-order chi connectivity index (χ1) is 13.2. The molecule has 27 heavy (non-hydrogen) atoms. The van der Waals surface area contributed by atoms with Crippen molar-refractivity contribution in [2.24, 2.45) is 0 Å². The van der Waals surface area contributed by atoms with Gasteiger partial charge in [0.05, 0.1) is 5.52 Å². The van der Waals surface area contributed by atoms with E-state index in [4.69, 9.17) is 4.74 Å². The number of fused-ring (bicyclic) bond motifs is 3. The second-order valence-corrected chi connectivity index (χ2v) is 7.94. The summed E-state index contributed by atoms with van der Waals surface area (Å²) in [6.07, 6.45) is 5.51. The van der Waals surface area contributed by atoms with Crippen molar-refractivity contribution in [1.29, 1.82) is 0 Å². The van der Waals surface area contributed by atoms with E-state index in [0.717, 1.165) is 67.7 Å². The van der Waals surface area contributed by atoms with Gasteiger partial charge in [0.15, 0.2) is 0 Å². The lowest BCUT2D eigenvalue weighted by atomic mass is 10.1. The van der Waals surface area contributed by atoms with Gasteiger partial charge in [-0.25, -0.2) is 4.79 Å². The van der Waals surface area contributed by atoms with Gasteiger partial charge in [-0.3, -0.25) is 0 Å². The third-order valence-electron chi connectivity index (χ3n) is 6.02. The van der Waals surface area contributed by atoms with E-state index in [1.807, 2.05) is 12.1 Å². The summed E-state index contributed by atoms with van der Waals surface area (Å²) < 4.78 is 8.29. The average Bonchev–Trinajstić information content (AvgIpc) is 3.03. The molecule has 1 saturated heterocycles. The smallest absolute Gasteiger partial charge is 0.342 e. The number of benzene rings is 1. The van der Waals surface area contributed by atoms with Crippen LogP contribution in [-0.2, 0) is 11.3 Å². The Hall–Kier alpha value is -2.01. The zero-order valence-electron chi connectivity index (χ0n) is 16.6. The molecule has 0 atom stereocenters. The van der Waals surface area contributed by atoms with Crippen molar-refractivity contribution in [1.82, 2.24) is 9.47 Å². The fourth-order valence-electron chi connectivity index (χ4n) is 4.53. The molecule has 0 amide bonds. The standard InChI is InChI=1S/C22H31N3O2/c1-3-4-13-24-15-10-17(11-16-24)27-22(26)20-18-8-5-6-9-19(18)25-14-7-12-23(2)21(20)25/h5-6,8-9,17H,3-4,7,10-16H2,1-2H3. The van der Waals surface area contributed by atoms with Crippen LogP contribution in [0.15, 0.2) is 24.3 Å². The number of ether oxygens (including phenoxy) is 1. The Bertz CT molecular complexity index is 805. The number of unbranched alkanes of at least 4 members (excludes halogenated alkanes) is 1. The lowest BCUT2D eigenvalue weighted by Gasteiger charge is -2.32. The minimum Gasteiger partial charge on any atom is -0.459 e. The van der Waals surface area contributed by atoms with Crippen LogP contribution >= 0.6 is 0 Å². The zero-order valence-corrected chi connectivity index (χ0v) is 16.6. The van der Waals surface area contributed by atoms with Gasteiger partial charge in [0.25, 0.3) is 0 Å². The molecule has 146 valence electrons. The number of esters is 1. The Morgan fingerprint density at radius 2 is 1.93 bits per heavy atom. The molecule has 0 radical (unpaired) electrons. The van der Waals surface area contributed by atoms with Gasteiger partial charge in [0.1, 0.15) is 17.5 Å². The molecule has 2 aromatic rings. The van der Waals surface area contributed by atoms with Gasteiger partial charge in [-0.1, -0.05) is 31.5 Å². The molecule has 0 spiro atoms. The van der Waals surface area contributed by atoms with Crippen LogP contribution in [0.25, 0.3) is 10.9 Å². The highest BCUT2D eigenvalue weighted by molar-refractivity contribution is 6.10. The number of likely N-dealkylation sites (tertiary alicyclic amines) is 1. The largest absolute Gasteiger partial charge is 0.459 e. The molecule has 1 fully saturated rings. The Morgan fingerprint density at radius 1 is 1.15 bits per heavy atom. The summed E-state index contributed by atoms with van der Waals surface area (Å²) in [7, 11) is 2.08. The Kier molecular flexibility index (Phi) is 5.39. The summed E-state index contributed by atoms with van der Waals surface area (Å²) in [5.41, 5.74) is 1.89. The lowest BCUT2D eigenvalue weighted by molar-refractivity contribution is 0.0115. The molecule has 2 aliphatic rings. The fraction of sp³-hybridized carbons (Fsp3) is 0.591. The summed E-state index contributed by atoms with van der Waals surface area (Å²) in [6.45, 7) is 7.41. The number of nitrogens with zero attached hydrogens (tertiary/aromatic N) is 3. The summed E-state index contributed by atoms with van der Waals surface area (Å²) in [6, 6.07) is 8.22. The second-order valence-electron chi connectivity index (χ2n) is 7.94. The monoisotopic (exact) mass is 369 g/mol. The second kappa shape index (κ2) is 7.93. The minimum atomic E-state index is -0.152. The highest BCUT2D eigenvalue weighted by atomic mass is 16.5. The zero-order chi connectivity index (χ0) is 18.8. The maximum absolute atomic E-state index is 13.2. The molecule has 0 bridgehead atoms. The maximum atomic E-state index is 13.2. The number of aryl methyl sites for hydroxylation is 1. The van der Waals surface area contributed by atoms with Crippen molar-refractivity contribution < 1.29 is 9.53 Å². The predicted molar refractivity (Wildman–Crippen MR) is 110 cm³/mol. The molecule has 0 N–H and O–H groups in total. The highest BCUT2D eigenvalue weighted by Gasteiger charge is 2.30. The number of anilines is 1. The lowest BCUT2D eigenvalue weighted by Crippen LogP contribution is -2.38. The molecule has 0 saturated carbocycles. The predicted octanol–water partition coefficient (Wildman–Crippen LogP) is 3.90.